The van der Waals surface area contributed by atoms with Crippen molar-refractivity contribution >= 4 is 0 Å². The zero-order valence-electron chi connectivity index (χ0n) is 29.5. The number of aromatic nitrogens is 3. The van der Waals surface area contributed by atoms with Crippen LogP contribution in [0.1, 0.15) is 149 Å². The predicted molar refractivity (Wildman–Crippen MR) is 178 cm³/mol. The van der Waals surface area contributed by atoms with Crippen LogP contribution in [0.4, 0.5) is 0 Å². The number of nitrogens with zero attached hydrogens (tertiary/aromatic N) is 4. The number of aromatic hydroxyl groups is 1. The van der Waals surface area contributed by atoms with E-state index in [2.05, 4.69) is 78.7 Å². The van der Waals surface area contributed by atoms with E-state index in [-0.39, 0.29) is 34.1 Å². The fraction of sp³-hybridized carbons (Fsp3) is 0.784. The lowest BCUT2D eigenvalue weighted by Crippen LogP contribution is -2.60. The Kier molecular flexibility index (Phi) is 9.72. The molecule has 1 aromatic heterocycles. The molecule has 45 heavy (non-hydrogen) atoms. The number of rotatable bonds is 11. The van der Waals surface area contributed by atoms with Gasteiger partial charge in [0.05, 0.1) is 18.9 Å². The molecule has 0 radical (unpaired) electrons. The molecular weight excluding hydrogens is 564 g/mol. The summed E-state index contributed by atoms with van der Waals surface area (Å²) < 4.78 is 15.0. The smallest absolute Gasteiger partial charge is 0.127 e. The molecular formula is C37H60N4O4. The Hall–Kier alpha value is -2.16. The summed E-state index contributed by atoms with van der Waals surface area (Å²) in [4.78, 5) is 0. The minimum absolute atomic E-state index is 0.0171. The lowest BCUT2D eigenvalue weighted by Gasteiger charge is -2.51. The average molecular weight is 625 g/mol. The molecule has 2 N–H and O–H groups in total. The zero-order chi connectivity index (χ0) is 32.8. The molecule has 2 aromatic rings. The average Bonchev–Trinajstić information content (AvgIpc) is 3.39. The molecule has 0 spiro atoms. The zero-order valence-corrected chi connectivity index (χ0v) is 29.5. The van der Waals surface area contributed by atoms with Gasteiger partial charge in [0.1, 0.15) is 22.8 Å². The molecule has 0 bridgehead atoms. The topological polar surface area (TPSA) is 92.9 Å². The lowest BCUT2D eigenvalue weighted by atomic mass is 9.63. The van der Waals surface area contributed by atoms with Crippen molar-refractivity contribution in [2.45, 2.75) is 174 Å². The van der Waals surface area contributed by atoms with Crippen LogP contribution in [0.25, 0.3) is 0 Å². The van der Waals surface area contributed by atoms with Crippen LogP contribution < -0.4 is 4.74 Å². The number of hydroxylamine groups is 2. The fourth-order valence-electron chi connectivity index (χ4n) is 8.79. The second kappa shape index (κ2) is 12.8. The van der Waals surface area contributed by atoms with Crippen LogP contribution in [0.5, 0.6) is 11.5 Å². The summed E-state index contributed by atoms with van der Waals surface area (Å²) in [5.41, 5.74) is 2.01. The van der Waals surface area contributed by atoms with Crippen molar-refractivity contribution in [3.05, 3.63) is 35.2 Å². The van der Waals surface area contributed by atoms with E-state index >= 15 is 0 Å². The molecule has 0 amide bonds. The van der Waals surface area contributed by atoms with Crippen molar-refractivity contribution in [2.24, 2.45) is 11.8 Å². The molecule has 3 heterocycles. The molecule has 8 heteroatoms. The van der Waals surface area contributed by atoms with Gasteiger partial charge in [-0.25, -0.2) is 0 Å². The van der Waals surface area contributed by atoms with E-state index in [0.29, 0.717) is 24.2 Å². The quantitative estimate of drug-likeness (QED) is 0.242. The normalized spacial score (nSPS) is 26.2. The van der Waals surface area contributed by atoms with Crippen LogP contribution in [0.2, 0.25) is 0 Å². The summed E-state index contributed by atoms with van der Waals surface area (Å²) in [6.07, 6.45) is 12.8. The number of phenols is 1. The van der Waals surface area contributed by atoms with Gasteiger partial charge in [0.25, 0.3) is 0 Å². The number of benzene rings is 1. The van der Waals surface area contributed by atoms with Gasteiger partial charge in [-0.1, -0.05) is 51.7 Å². The van der Waals surface area contributed by atoms with Crippen LogP contribution in [-0.2, 0) is 23.3 Å². The second-order valence-electron chi connectivity index (χ2n) is 16.9. The number of ether oxygens (including phenoxy) is 2. The van der Waals surface area contributed by atoms with Crippen LogP contribution in [0.3, 0.4) is 0 Å². The minimum Gasteiger partial charge on any atom is -0.508 e. The summed E-state index contributed by atoms with van der Waals surface area (Å²) in [5, 5.41) is 32.5. The Morgan fingerprint density at radius 2 is 1.73 bits per heavy atom. The third kappa shape index (κ3) is 7.38. The number of hydrogen-bond donors (Lipinski definition) is 2. The molecule has 0 unspecified atom stereocenters. The van der Waals surface area contributed by atoms with Gasteiger partial charge in [0.15, 0.2) is 0 Å². The second-order valence-corrected chi connectivity index (χ2v) is 16.9. The van der Waals surface area contributed by atoms with Gasteiger partial charge in [-0.3, -0.25) is 4.68 Å². The van der Waals surface area contributed by atoms with E-state index in [0.717, 1.165) is 62.1 Å². The van der Waals surface area contributed by atoms with E-state index in [1.165, 1.54) is 36.3 Å². The van der Waals surface area contributed by atoms with E-state index in [1.807, 2.05) is 16.9 Å². The highest BCUT2D eigenvalue weighted by molar-refractivity contribution is 5.53. The van der Waals surface area contributed by atoms with Crippen molar-refractivity contribution < 1.29 is 19.8 Å². The van der Waals surface area contributed by atoms with Crippen molar-refractivity contribution in [1.82, 2.24) is 20.1 Å². The molecule has 1 aliphatic carbocycles. The molecule has 1 saturated carbocycles. The molecule has 8 nitrogen and oxygen atoms in total. The number of unbranched alkanes of at least 4 members (excludes halogenated alkanes) is 3. The maximum atomic E-state index is 11.5. The van der Waals surface area contributed by atoms with Crippen molar-refractivity contribution in [2.75, 3.05) is 0 Å². The van der Waals surface area contributed by atoms with Gasteiger partial charge in [-0.05, 0) is 115 Å². The highest BCUT2D eigenvalue weighted by Gasteiger charge is 2.48. The number of fused-ring (bicyclic) bond motifs is 3. The Bertz CT molecular complexity index is 1300. The number of hydrogen-bond acceptors (Lipinski definition) is 7. The Morgan fingerprint density at radius 3 is 2.42 bits per heavy atom. The molecule has 1 aromatic carbocycles. The van der Waals surface area contributed by atoms with E-state index in [4.69, 9.17) is 9.47 Å². The maximum absolute atomic E-state index is 11.5. The highest BCUT2D eigenvalue weighted by Crippen LogP contribution is 2.56. The third-order valence-corrected chi connectivity index (χ3v) is 11.3. The minimum atomic E-state index is -0.347. The van der Waals surface area contributed by atoms with Crippen LogP contribution in [-0.4, -0.2) is 53.2 Å². The molecule has 3 aliphatic rings. The van der Waals surface area contributed by atoms with Gasteiger partial charge >= 0.3 is 0 Å². The Labute approximate surface area is 271 Å². The largest absolute Gasteiger partial charge is 0.508 e. The van der Waals surface area contributed by atoms with Gasteiger partial charge < -0.3 is 19.8 Å². The molecule has 5 rings (SSSR count). The van der Waals surface area contributed by atoms with Gasteiger partial charge in [0.2, 0.25) is 0 Å². The molecule has 252 valence electrons. The first kappa shape index (κ1) is 34.2. The van der Waals surface area contributed by atoms with Crippen molar-refractivity contribution in [1.29, 1.82) is 0 Å². The first-order valence-electron chi connectivity index (χ1n) is 17.6. The van der Waals surface area contributed by atoms with E-state index in [1.54, 1.807) is 0 Å². The third-order valence-electron chi connectivity index (χ3n) is 11.3. The summed E-state index contributed by atoms with van der Waals surface area (Å²) in [6, 6.07) is 4.25. The van der Waals surface area contributed by atoms with Crippen LogP contribution >= 0.6 is 0 Å². The van der Waals surface area contributed by atoms with E-state index < -0.39 is 0 Å². The number of piperidine rings is 1. The highest BCUT2D eigenvalue weighted by atomic mass is 16.5. The van der Waals surface area contributed by atoms with Crippen LogP contribution in [0.15, 0.2) is 18.3 Å². The SMILES string of the molecule is CCCCCCC(C)(C)c1cc(O)c2c(c1)OC(C)(C)[C@@H]1CC[C@@H](Cn3cc(COC4CC(C)(C)N(O)C(C)(C)C4)nn3)C[C@@H]21. The van der Waals surface area contributed by atoms with Crippen LogP contribution in [0, 0.1) is 11.8 Å². The summed E-state index contributed by atoms with van der Waals surface area (Å²) >= 11 is 0. The Balaban J connectivity index is 1.25. The van der Waals surface area contributed by atoms with Crippen molar-refractivity contribution in [3.63, 3.8) is 0 Å². The van der Waals surface area contributed by atoms with Crippen molar-refractivity contribution in [3.8, 4) is 11.5 Å². The summed E-state index contributed by atoms with van der Waals surface area (Å²) in [6.45, 7) is 20.7. The molecule has 2 aliphatic heterocycles. The van der Waals surface area contributed by atoms with Gasteiger partial charge in [0, 0.05) is 29.1 Å². The predicted octanol–water partition coefficient (Wildman–Crippen LogP) is 8.53. The van der Waals surface area contributed by atoms with Gasteiger partial charge in [-0.2, -0.15) is 5.06 Å². The monoisotopic (exact) mass is 624 g/mol. The number of phenolic OH excluding ortho intramolecular Hbond substituents is 1. The fourth-order valence-corrected chi connectivity index (χ4v) is 8.79. The Morgan fingerprint density at radius 1 is 1.02 bits per heavy atom. The first-order chi connectivity index (χ1) is 21.0. The van der Waals surface area contributed by atoms with Gasteiger partial charge in [-0.15, -0.1) is 5.10 Å². The molecule has 2 fully saturated rings. The maximum Gasteiger partial charge on any atom is 0.127 e. The summed E-state index contributed by atoms with van der Waals surface area (Å²) in [5.74, 6) is 2.32. The van der Waals surface area contributed by atoms with E-state index in [9.17, 15) is 10.3 Å². The summed E-state index contributed by atoms with van der Waals surface area (Å²) in [7, 11) is 0. The lowest BCUT2D eigenvalue weighted by molar-refractivity contribution is -0.262. The molecule has 1 saturated heterocycles. The first-order valence-corrected chi connectivity index (χ1v) is 17.6. The standard InChI is InChI=1S/C37H60N4O4/c1-10-11-12-13-16-34(2,3)26-18-31(42)33-29-17-25(14-15-30(29)37(8,9)45-32(33)19-26)22-40-23-27(38-39-40)24-44-28-20-35(4,5)41(43)36(6,7)21-28/h18-19,23,25,28-30,42-43H,10-17,20-22,24H2,1-9H3/t25-,29-,30-/m1/s1. The molecule has 3 atom stereocenters.